The molecule has 0 unspecified atom stereocenters. The predicted molar refractivity (Wildman–Crippen MR) is 177 cm³/mol. The maximum Gasteiger partial charge on any atom is 0.0544 e. The second-order valence-electron chi connectivity index (χ2n) is 11.0. The van der Waals surface area contributed by atoms with Crippen LogP contribution >= 0.6 is 0 Å². The van der Waals surface area contributed by atoms with Crippen LogP contribution in [0.5, 0.6) is 0 Å². The monoisotopic (exact) mass is 523 g/mol. The minimum atomic E-state index is 0.901. The molecule has 8 rings (SSSR count). The lowest BCUT2D eigenvalue weighted by Crippen LogP contribution is -1.97. The number of fused-ring (bicyclic) bond motifs is 7. The Morgan fingerprint density at radius 2 is 1.39 bits per heavy atom. The maximum absolute atomic E-state index is 2.48. The zero-order chi connectivity index (χ0) is 27.3. The highest BCUT2D eigenvalue weighted by Gasteiger charge is 2.17. The van der Waals surface area contributed by atoms with Crippen molar-refractivity contribution in [2.24, 2.45) is 0 Å². The Labute approximate surface area is 240 Å². The first-order chi connectivity index (χ1) is 20.2. The molecule has 194 valence electrons. The molecule has 6 aromatic carbocycles. The number of benzene rings is 6. The van der Waals surface area contributed by atoms with Crippen molar-refractivity contribution < 1.29 is 0 Å². The molecular formula is C40H29N. The van der Waals surface area contributed by atoms with E-state index in [-0.39, 0.29) is 0 Å². The molecule has 1 aliphatic carbocycles. The van der Waals surface area contributed by atoms with Gasteiger partial charge in [-0.1, -0.05) is 121 Å². The Morgan fingerprint density at radius 3 is 2.29 bits per heavy atom. The van der Waals surface area contributed by atoms with E-state index < -0.39 is 0 Å². The van der Waals surface area contributed by atoms with Crippen LogP contribution in [0.1, 0.15) is 18.1 Å². The van der Waals surface area contributed by atoms with Gasteiger partial charge < -0.3 is 4.57 Å². The van der Waals surface area contributed by atoms with Crippen LogP contribution in [0.25, 0.3) is 66.2 Å². The molecule has 1 nitrogen and oxygen atoms in total. The van der Waals surface area contributed by atoms with E-state index in [2.05, 4.69) is 157 Å². The van der Waals surface area contributed by atoms with Crippen molar-refractivity contribution in [3.05, 3.63) is 156 Å². The summed E-state index contributed by atoms with van der Waals surface area (Å²) in [5, 5.41) is 7.67. The summed E-state index contributed by atoms with van der Waals surface area (Å²) in [5.74, 6) is 0. The number of nitrogens with zero attached hydrogens (tertiary/aromatic N) is 1. The molecule has 1 heterocycles. The number of allylic oxidation sites excluding steroid dienone is 5. The quantitative estimate of drug-likeness (QED) is 0.199. The van der Waals surface area contributed by atoms with Crippen molar-refractivity contribution in [3.8, 4) is 16.8 Å². The fraction of sp³-hybridized carbons (Fsp3) is 0.0500. The highest BCUT2D eigenvalue weighted by molar-refractivity contribution is 6.14. The van der Waals surface area contributed by atoms with Gasteiger partial charge in [-0.2, -0.15) is 0 Å². The first kappa shape index (κ1) is 23.7. The fourth-order valence-electron chi connectivity index (χ4n) is 6.53. The molecule has 1 aliphatic rings. The van der Waals surface area contributed by atoms with Gasteiger partial charge in [-0.3, -0.25) is 0 Å². The molecule has 0 aliphatic heterocycles. The molecule has 0 N–H and O–H groups in total. The van der Waals surface area contributed by atoms with Gasteiger partial charge >= 0.3 is 0 Å². The van der Waals surface area contributed by atoms with E-state index in [1.165, 1.54) is 76.9 Å². The van der Waals surface area contributed by atoms with E-state index in [9.17, 15) is 0 Å². The molecule has 41 heavy (non-hydrogen) atoms. The summed E-state index contributed by atoms with van der Waals surface area (Å²) in [6.45, 7) is 2.18. The molecular weight excluding hydrogens is 494 g/mol. The van der Waals surface area contributed by atoms with Crippen LogP contribution in [0.4, 0.5) is 0 Å². The van der Waals surface area contributed by atoms with Gasteiger partial charge in [-0.05, 0) is 87.5 Å². The van der Waals surface area contributed by atoms with Crippen LogP contribution in [0.3, 0.4) is 0 Å². The van der Waals surface area contributed by atoms with Crippen molar-refractivity contribution in [1.82, 2.24) is 4.57 Å². The topological polar surface area (TPSA) is 4.93 Å². The van der Waals surface area contributed by atoms with Crippen LogP contribution in [0, 0.1) is 0 Å². The van der Waals surface area contributed by atoms with E-state index in [1.54, 1.807) is 0 Å². The summed E-state index contributed by atoms with van der Waals surface area (Å²) in [4.78, 5) is 0. The van der Waals surface area contributed by atoms with Crippen LogP contribution in [0.15, 0.2) is 145 Å². The Bertz CT molecular complexity index is 2220. The highest BCUT2D eigenvalue weighted by Crippen LogP contribution is 2.40. The molecule has 0 saturated carbocycles. The van der Waals surface area contributed by atoms with Gasteiger partial charge in [0, 0.05) is 16.5 Å². The van der Waals surface area contributed by atoms with E-state index >= 15 is 0 Å². The molecule has 0 radical (unpaired) electrons. The van der Waals surface area contributed by atoms with Crippen molar-refractivity contribution in [3.63, 3.8) is 0 Å². The standard InChI is InChI=1S/C40H29N/c1-27-12-4-2-7-16-30-24-40-38(23-31(30)22-27)35-18-10-11-19-39(35)41(40)32-25-36(28-13-5-3-6-14-28)34-21-20-29-15-8-9-17-33(29)37(34)26-32/h2-15,17-26H,16H2,1H3/b7-2+,12-4-,27-22+. The van der Waals surface area contributed by atoms with Crippen LogP contribution in [-0.2, 0) is 6.42 Å². The SMILES string of the molecule is CC1=C\c2cc3c4ccccc4n(-c4cc(-c5ccccc5)c5ccc6ccccc6c5c4)c3cc2C/C=C/C=C\1. The van der Waals surface area contributed by atoms with Gasteiger partial charge in [-0.25, -0.2) is 0 Å². The van der Waals surface area contributed by atoms with Gasteiger partial charge in [0.1, 0.15) is 0 Å². The highest BCUT2D eigenvalue weighted by atomic mass is 15.0. The zero-order valence-corrected chi connectivity index (χ0v) is 23.0. The number of hydrogen-bond acceptors (Lipinski definition) is 0. The summed E-state index contributed by atoms with van der Waals surface area (Å²) < 4.78 is 2.48. The van der Waals surface area contributed by atoms with Crippen molar-refractivity contribution in [2.75, 3.05) is 0 Å². The van der Waals surface area contributed by atoms with Crippen molar-refractivity contribution >= 4 is 49.4 Å². The molecule has 0 amide bonds. The average Bonchev–Trinajstić information content (AvgIpc) is 3.37. The smallest absolute Gasteiger partial charge is 0.0544 e. The third-order valence-corrected chi connectivity index (χ3v) is 8.45. The molecule has 1 heteroatoms. The minimum Gasteiger partial charge on any atom is -0.309 e. The fourth-order valence-corrected chi connectivity index (χ4v) is 6.53. The minimum absolute atomic E-state index is 0.901. The lowest BCUT2D eigenvalue weighted by Gasteiger charge is -2.16. The van der Waals surface area contributed by atoms with E-state index in [0.29, 0.717) is 0 Å². The second-order valence-corrected chi connectivity index (χ2v) is 11.0. The van der Waals surface area contributed by atoms with Crippen molar-refractivity contribution in [1.29, 1.82) is 0 Å². The third kappa shape index (κ3) is 3.93. The van der Waals surface area contributed by atoms with E-state index in [0.717, 1.165) is 6.42 Å². The zero-order valence-electron chi connectivity index (χ0n) is 23.0. The predicted octanol–water partition coefficient (Wildman–Crippen LogP) is 10.8. The lowest BCUT2D eigenvalue weighted by molar-refractivity contribution is 1.17. The van der Waals surface area contributed by atoms with Crippen LogP contribution in [0.2, 0.25) is 0 Å². The normalized spacial score (nSPS) is 16.2. The molecule has 0 bridgehead atoms. The van der Waals surface area contributed by atoms with Gasteiger partial charge in [-0.15, -0.1) is 0 Å². The van der Waals surface area contributed by atoms with Crippen molar-refractivity contribution in [2.45, 2.75) is 13.3 Å². The van der Waals surface area contributed by atoms with Gasteiger partial charge in [0.2, 0.25) is 0 Å². The summed E-state index contributed by atoms with van der Waals surface area (Å²) in [5.41, 5.74) is 10.0. The largest absolute Gasteiger partial charge is 0.309 e. The Hall–Kier alpha value is -5.14. The van der Waals surface area contributed by atoms with Gasteiger partial charge in [0.25, 0.3) is 0 Å². The lowest BCUT2D eigenvalue weighted by atomic mass is 9.94. The number of para-hydroxylation sites is 1. The number of aromatic nitrogens is 1. The van der Waals surface area contributed by atoms with Gasteiger partial charge in [0.15, 0.2) is 0 Å². The van der Waals surface area contributed by atoms with E-state index in [1.807, 2.05) is 0 Å². The average molecular weight is 524 g/mol. The summed E-state index contributed by atoms with van der Waals surface area (Å²) in [6, 6.07) is 42.5. The Kier molecular flexibility index (Phi) is 5.50. The number of hydrogen-bond donors (Lipinski definition) is 0. The Morgan fingerprint density at radius 1 is 0.585 bits per heavy atom. The molecule has 0 saturated heterocycles. The summed E-state index contributed by atoms with van der Waals surface area (Å²) >= 11 is 0. The third-order valence-electron chi connectivity index (χ3n) is 8.45. The first-order valence-corrected chi connectivity index (χ1v) is 14.3. The summed E-state index contributed by atoms with van der Waals surface area (Å²) in [6.07, 6.45) is 12.0. The molecule has 0 fully saturated rings. The molecule has 0 atom stereocenters. The van der Waals surface area contributed by atoms with Crippen LogP contribution < -0.4 is 0 Å². The molecule has 0 spiro atoms. The number of rotatable bonds is 2. The maximum atomic E-state index is 2.48. The summed E-state index contributed by atoms with van der Waals surface area (Å²) in [7, 11) is 0. The van der Waals surface area contributed by atoms with Crippen LogP contribution in [-0.4, -0.2) is 4.57 Å². The Balaban J connectivity index is 1.50. The second kappa shape index (κ2) is 9.50. The van der Waals surface area contributed by atoms with Gasteiger partial charge in [0.05, 0.1) is 11.0 Å². The first-order valence-electron chi connectivity index (χ1n) is 14.3. The molecule has 7 aromatic rings. The molecule has 1 aromatic heterocycles. The van der Waals surface area contributed by atoms with E-state index in [4.69, 9.17) is 0 Å².